The van der Waals surface area contributed by atoms with Crippen LogP contribution in [0.25, 0.3) is 10.8 Å². The molecular weight excluding hydrogens is 773 g/mol. The van der Waals surface area contributed by atoms with Gasteiger partial charge in [-0.1, -0.05) is 58.8 Å². The van der Waals surface area contributed by atoms with E-state index < -0.39 is 82.8 Å². The SMILES string of the molecule is CO[C@H]1/C=C/O[C@@]2(C)Oc3c(C)c(O)c4c(O)c(c(/C=N/N5CCN(C6CCCC6)CC5)c(O)c4c3C2=O)NC(=O)/C(C)=C/C=C/[C@@H](C)[C@@H](O)[C@@H](C)[C@@H](O)[C@@H](C)[C@H](O)[C@@H]1C. The lowest BCUT2D eigenvalue weighted by atomic mass is 9.78. The van der Waals surface area contributed by atoms with Crippen LogP contribution < -0.4 is 10.1 Å². The minimum atomic E-state index is -2.01. The number of carbonyl (C=O) groups excluding carboxylic acids is 2. The molecule has 4 aliphatic heterocycles. The lowest BCUT2D eigenvalue weighted by Crippen LogP contribution is -2.47. The number of methoxy groups -OCH3 is 1. The predicted octanol–water partition coefficient (Wildman–Crippen LogP) is 5.08. The molecular formula is C45H62N4O11. The van der Waals surface area contributed by atoms with Crippen LogP contribution in [0.15, 0.2) is 41.2 Å². The zero-order chi connectivity index (χ0) is 43.8. The Kier molecular flexibility index (Phi) is 13.6. The van der Waals surface area contributed by atoms with Gasteiger partial charge in [0.05, 0.1) is 59.1 Å². The van der Waals surface area contributed by atoms with E-state index in [9.17, 15) is 40.2 Å². The molecule has 15 nitrogen and oxygen atoms in total. The van der Waals surface area contributed by atoms with Gasteiger partial charge in [-0.2, -0.15) is 5.10 Å². The van der Waals surface area contributed by atoms with Crippen LogP contribution in [0.2, 0.25) is 0 Å². The molecule has 60 heavy (non-hydrogen) atoms. The van der Waals surface area contributed by atoms with Crippen LogP contribution in [-0.4, -0.2) is 128 Å². The average Bonchev–Trinajstić information content (AvgIpc) is 3.87. The number of ketones is 1. The molecule has 1 aliphatic carbocycles. The summed E-state index contributed by atoms with van der Waals surface area (Å²) in [5.74, 6) is -7.52. The molecule has 9 atom stereocenters. The van der Waals surface area contributed by atoms with Crippen molar-refractivity contribution in [3.63, 3.8) is 0 Å². The van der Waals surface area contributed by atoms with Gasteiger partial charge in [0.15, 0.2) is 5.75 Å². The first-order valence-electron chi connectivity index (χ1n) is 21.0. The number of amides is 1. The number of aromatic hydroxyl groups is 3. The number of hydrazone groups is 1. The second-order valence-corrected chi connectivity index (χ2v) is 17.2. The molecule has 7 rings (SSSR count). The first-order valence-corrected chi connectivity index (χ1v) is 21.0. The van der Waals surface area contributed by atoms with Crippen molar-refractivity contribution in [2.75, 3.05) is 38.6 Å². The summed E-state index contributed by atoms with van der Waals surface area (Å²) >= 11 is 0. The number of allylic oxidation sites excluding steroid dienone is 2. The van der Waals surface area contributed by atoms with Gasteiger partial charge in [0.25, 0.3) is 11.7 Å². The molecule has 5 bridgehead atoms. The van der Waals surface area contributed by atoms with Crippen LogP contribution in [-0.2, 0) is 14.3 Å². The fourth-order valence-electron chi connectivity index (χ4n) is 9.08. The summed E-state index contributed by atoms with van der Waals surface area (Å²) in [4.78, 5) is 30.7. The summed E-state index contributed by atoms with van der Waals surface area (Å²) in [6.07, 6.45) is 9.71. The summed E-state index contributed by atoms with van der Waals surface area (Å²) < 4.78 is 17.8. The van der Waals surface area contributed by atoms with Crippen LogP contribution in [0.5, 0.6) is 23.0 Å². The van der Waals surface area contributed by atoms with Gasteiger partial charge < -0.3 is 50.2 Å². The standard InChI is InChI=1S/C45H62N4O11/c1-23-12-11-13-24(2)44(57)47-35-30(22-46-49-19-17-48(18-20-49)29-14-9-10-15-29)40(54)32-33(41(35)55)39(53)28(6)42-34(32)43(56)45(7,60-42)59-21-16-31(58-8)25(3)37(51)27(5)38(52)26(4)36(23)50/h11-13,16,21-23,25-27,29,31,36-38,50-55H,9-10,14-15,17-20H2,1-8H3,(H,47,57)/b12-11+,21-16+,24-13+,46-22+/t23-,25-,26-,27+,31+,36-,37-,38-,45+/m1/s1. The van der Waals surface area contributed by atoms with Crippen molar-refractivity contribution in [2.24, 2.45) is 28.8 Å². The van der Waals surface area contributed by atoms with Gasteiger partial charge in [-0.05, 0) is 32.8 Å². The maximum Gasteiger partial charge on any atom is 0.312 e. The Morgan fingerprint density at radius 1 is 0.867 bits per heavy atom. The minimum absolute atomic E-state index is 0.0742. The van der Waals surface area contributed by atoms with E-state index in [4.69, 9.17) is 14.2 Å². The molecule has 2 aromatic carbocycles. The number of Topliss-reactive ketones (excluding diaryl/α,β-unsaturated/α-hetero) is 1. The van der Waals surface area contributed by atoms with Crippen molar-refractivity contribution in [3.05, 3.63) is 52.8 Å². The molecule has 1 saturated heterocycles. The summed E-state index contributed by atoms with van der Waals surface area (Å²) in [5, 5.41) is 78.4. The van der Waals surface area contributed by atoms with Crippen LogP contribution in [0.1, 0.15) is 88.7 Å². The molecule has 0 spiro atoms. The third-order valence-electron chi connectivity index (χ3n) is 13.3. The smallest absolute Gasteiger partial charge is 0.312 e. The van der Waals surface area contributed by atoms with Crippen LogP contribution in [0.4, 0.5) is 5.69 Å². The molecule has 1 saturated carbocycles. The number of nitrogens with zero attached hydrogens (tertiary/aromatic N) is 3. The third kappa shape index (κ3) is 8.47. The van der Waals surface area contributed by atoms with Gasteiger partial charge in [-0.25, -0.2) is 0 Å². The van der Waals surface area contributed by atoms with Crippen molar-refractivity contribution >= 4 is 34.4 Å². The highest BCUT2D eigenvalue weighted by atomic mass is 16.7. The van der Waals surface area contributed by atoms with Gasteiger partial charge in [-0.15, -0.1) is 0 Å². The van der Waals surface area contributed by atoms with Crippen molar-refractivity contribution in [1.82, 2.24) is 9.91 Å². The second-order valence-electron chi connectivity index (χ2n) is 17.2. The van der Waals surface area contributed by atoms with Gasteiger partial charge in [-0.3, -0.25) is 19.5 Å². The van der Waals surface area contributed by atoms with E-state index >= 15 is 0 Å². The Labute approximate surface area is 351 Å². The van der Waals surface area contributed by atoms with Crippen molar-refractivity contribution < 1.29 is 54.4 Å². The van der Waals surface area contributed by atoms with Crippen LogP contribution in [0, 0.1) is 30.6 Å². The van der Waals surface area contributed by atoms with Crippen LogP contribution >= 0.6 is 0 Å². The number of anilines is 1. The largest absolute Gasteiger partial charge is 0.507 e. The third-order valence-corrected chi connectivity index (χ3v) is 13.3. The number of aliphatic hydroxyl groups is 3. The number of fused-ring (bicyclic) bond motifs is 14. The normalized spacial score (nSPS) is 33.5. The molecule has 2 aromatic rings. The first kappa shape index (κ1) is 44.9. The molecule has 0 unspecified atom stereocenters. The van der Waals surface area contributed by atoms with Crippen molar-refractivity contribution in [1.29, 1.82) is 0 Å². The summed E-state index contributed by atoms with van der Waals surface area (Å²) in [6, 6.07) is 0.561. The number of aliphatic hydroxyl groups excluding tert-OH is 3. The molecule has 0 aromatic heterocycles. The number of hydrogen-bond donors (Lipinski definition) is 7. The molecule has 15 heteroatoms. The number of phenolic OH excluding ortho intramolecular Hbond substituents is 3. The van der Waals surface area contributed by atoms with Gasteiger partial charge >= 0.3 is 5.79 Å². The molecule has 2 fully saturated rings. The topological polar surface area (TPSA) is 214 Å². The van der Waals surface area contributed by atoms with E-state index in [1.807, 2.05) is 5.01 Å². The molecule has 4 heterocycles. The lowest BCUT2D eigenvalue weighted by molar-refractivity contribution is -0.112. The second kappa shape index (κ2) is 18.1. The maximum atomic E-state index is 14.4. The van der Waals surface area contributed by atoms with E-state index in [2.05, 4.69) is 15.3 Å². The summed E-state index contributed by atoms with van der Waals surface area (Å²) in [5.41, 5.74) is -0.233. The van der Waals surface area contributed by atoms with Gasteiger partial charge in [0.2, 0.25) is 0 Å². The number of benzene rings is 2. The fourth-order valence-corrected chi connectivity index (χ4v) is 9.08. The number of piperazine rings is 1. The highest BCUT2D eigenvalue weighted by molar-refractivity contribution is 6.23. The Hall–Kier alpha value is -4.67. The van der Waals surface area contributed by atoms with E-state index in [-0.39, 0.29) is 44.5 Å². The summed E-state index contributed by atoms with van der Waals surface area (Å²) in [7, 11) is 1.45. The minimum Gasteiger partial charge on any atom is -0.507 e. The van der Waals surface area contributed by atoms with E-state index in [1.165, 1.54) is 71.3 Å². The first-order chi connectivity index (χ1) is 28.4. The number of rotatable bonds is 4. The monoisotopic (exact) mass is 834 g/mol. The Morgan fingerprint density at radius 2 is 1.50 bits per heavy atom. The van der Waals surface area contributed by atoms with E-state index in [0.29, 0.717) is 19.1 Å². The average molecular weight is 835 g/mol. The Bertz CT molecular complexity index is 2070. The van der Waals surface area contributed by atoms with E-state index in [0.717, 1.165) is 13.1 Å². The quantitative estimate of drug-likeness (QED) is 0.122. The number of ether oxygens (including phenoxy) is 3. The highest BCUT2D eigenvalue weighted by Gasteiger charge is 2.50. The molecule has 0 radical (unpaired) electrons. The predicted molar refractivity (Wildman–Crippen MR) is 227 cm³/mol. The zero-order valence-corrected chi connectivity index (χ0v) is 35.9. The Balaban J connectivity index is 1.46. The maximum absolute atomic E-state index is 14.4. The van der Waals surface area contributed by atoms with E-state index in [1.54, 1.807) is 46.8 Å². The molecule has 1 amide bonds. The van der Waals surface area contributed by atoms with Gasteiger partial charge in [0, 0.05) is 86.4 Å². The highest BCUT2D eigenvalue weighted by Crippen LogP contribution is 2.55. The lowest BCUT2D eigenvalue weighted by Gasteiger charge is -2.36. The van der Waals surface area contributed by atoms with Crippen molar-refractivity contribution in [3.8, 4) is 23.0 Å². The number of phenols is 3. The summed E-state index contributed by atoms with van der Waals surface area (Å²) in [6.45, 7) is 14.1. The number of hydrogen-bond acceptors (Lipinski definition) is 14. The molecule has 7 N–H and O–H groups in total. The number of carbonyl (C=O) groups is 2. The molecule has 328 valence electrons. The molecule has 5 aliphatic rings. The number of nitrogens with one attached hydrogen (secondary N) is 1. The zero-order valence-electron chi connectivity index (χ0n) is 35.9. The van der Waals surface area contributed by atoms with Crippen LogP contribution in [0.3, 0.4) is 0 Å². The van der Waals surface area contributed by atoms with Crippen molar-refractivity contribution in [2.45, 2.75) is 110 Å². The van der Waals surface area contributed by atoms with Gasteiger partial charge in [0.1, 0.15) is 17.2 Å². The fraction of sp³-hybridized carbons (Fsp3) is 0.578. The Morgan fingerprint density at radius 3 is 2.15 bits per heavy atom.